The van der Waals surface area contributed by atoms with Crippen LogP contribution in [0, 0.1) is 0 Å². The van der Waals surface area contributed by atoms with E-state index < -0.39 is 0 Å². The topological polar surface area (TPSA) is 51.4 Å². The lowest BCUT2D eigenvalue weighted by atomic mass is 10.1. The molecule has 0 spiro atoms. The number of ether oxygens (including phenoxy) is 1. The Balaban J connectivity index is 2.16. The SMILES string of the molecule is CC(N)C1CN(c2ncc(Br)cc2Cl)CCO1. The predicted molar refractivity (Wildman–Crippen MR) is 72.5 cm³/mol. The van der Waals surface area contributed by atoms with E-state index in [0.717, 1.165) is 23.4 Å². The molecule has 2 unspecified atom stereocenters. The standard InChI is InChI=1S/C11H15BrClN3O/c1-7(14)10-6-16(2-3-17-10)11-9(13)4-8(12)5-15-11/h4-5,7,10H,2-3,6,14H2,1H3. The second kappa shape index (κ2) is 5.52. The molecule has 0 aromatic carbocycles. The second-order valence-electron chi connectivity index (χ2n) is 4.17. The Morgan fingerprint density at radius 1 is 1.71 bits per heavy atom. The molecule has 2 N–H and O–H groups in total. The van der Waals surface area contributed by atoms with Gasteiger partial charge in [-0.05, 0) is 28.9 Å². The molecule has 0 bridgehead atoms. The molecule has 6 heteroatoms. The van der Waals surface area contributed by atoms with Crippen molar-refractivity contribution in [2.24, 2.45) is 5.73 Å². The third-order valence-corrected chi connectivity index (χ3v) is 3.48. The van der Waals surface area contributed by atoms with Crippen LogP contribution in [0.3, 0.4) is 0 Å². The lowest BCUT2D eigenvalue weighted by Gasteiger charge is -2.35. The van der Waals surface area contributed by atoms with E-state index in [-0.39, 0.29) is 12.1 Å². The average Bonchev–Trinajstić information content (AvgIpc) is 2.29. The number of hydrogen-bond acceptors (Lipinski definition) is 4. The van der Waals surface area contributed by atoms with Crippen LogP contribution >= 0.6 is 27.5 Å². The van der Waals surface area contributed by atoms with E-state index in [2.05, 4.69) is 25.8 Å². The molecule has 1 aliphatic rings. The van der Waals surface area contributed by atoms with Crippen LogP contribution < -0.4 is 10.6 Å². The number of hydrogen-bond donors (Lipinski definition) is 1. The normalized spacial score (nSPS) is 22.6. The predicted octanol–water partition coefficient (Wildman–Crippen LogP) is 2.05. The summed E-state index contributed by atoms with van der Waals surface area (Å²) in [6.07, 6.45) is 1.78. The Morgan fingerprint density at radius 2 is 2.47 bits per heavy atom. The maximum Gasteiger partial charge on any atom is 0.147 e. The molecule has 1 aromatic rings. The van der Waals surface area contributed by atoms with Crippen molar-refractivity contribution < 1.29 is 4.74 Å². The Hall–Kier alpha value is -0.360. The minimum absolute atomic E-state index is 0.00650. The van der Waals surface area contributed by atoms with Crippen molar-refractivity contribution >= 4 is 33.3 Å². The number of morpholine rings is 1. The Labute approximate surface area is 114 Å². The zero-order valence-corrected chi connectivity index (χ0v) is 11.9. The van der Waals surface area contributed by atoms with Crippen LogP contribution in [0.1, 0.15) is 6.92 Å². The fourth-order valence-corrected chi connectivity index (χ4v) is 2.57. The van der Waals surface area contributed by atoms with Crippen molar-refractivity contribution in [3.05, 3.63) is 21.8 Å². The molecule has 4 nitrogen and oxygen atoms in total. The van der Waals surface area contributed by atoms with Crippen LogP contribution in [0.25, 0.3) is 0 Å². The minimum Gasteiger partial charge on any atom is -0.373 e. The molecular formula is C11H15BrClN3O. The molecule has 0 radical (unpaired) electrons. The number of nitrogens with two attached hydrogens (primary N) is 1. The molecule has 0 amide bonds. The quantitative estimate of drug-likeness (QED) is 0.906. The smallest absolute Gasteiger partial charge is 0.147 e. The highest BCUT2D eigenvalue weighted by molar-refractivity contribution is 9.10. The highest BCUT2D eigenvalue weighted by Gasteiger charge is 2.25. The van der Waals surface area contributed by atoms with Gasteiger partial charge < -0.3 is 15.4 Å². The third-order valence-electron chi connectivity index (χ3n) is 2.77. The van der Waals surface area contributed by atoms with Gasteiger partial charge >= 0.3 is 0 Å². The van der Waals surface area contributed by atoms with Gasteiger partial charge in [0.15, 0.2) is 0 Å². The molecule has 1 aromatic heterocycles. The highest BCUT2D eigenvalue weighted by atomic mass is 79.9. The maximum atomic E-state index is 6.18. The molecule has 1 aliphatic heterocycles. The number of pyridine rings is 1. The summed E-state index contributed by atoms with van der Waals surface area (Å²) >= 11 is 9.53. The first-order chi connectivity index (χ1) is 8.08. The van der Waals surface area contributed by atoms with E-state index in [1.165, 1.54) is 0 Å². The molecule has 0 saturated carbocycles. The van der Waals surface area contributed by atoms with Gasteiger partial charge in [-0.25, -0.2) is 4.98 Å². The molecule has 2 atom stereocenters. The molecule has 0 aliphatic carbocycles. The lowest BCUT2D eigenvalue weighted by molar-refractivity contribution is 0.0273. The van der Waals surface area contributed by atoms with Crippen LogP contribution in [-0.2, 0) is 4.74 Å². The molecule has 94 valence electrons. The summed E-state index contributed by atoms with van der Waals surface area (Å²) in [7, 11) is 0. The van der Waals surface area contributed by atoms with Crippen molar-refractivity contribution in [1.82, 2.24) is 4.98 Å². The number of aromatic nitrogens is 1. The van der Waals surface area contributed by atoms with Crippen molar-refractivity contribution in [3.63, 3.8) is 0 Å². The van der Waals surface area contributed by atoms with Gasteiger partial charge in [0.2, 0.25) is 0 Å². The summed E-state index contributed by atoms with van der Waals surface area (Å²) in [6, 6.07) is 1.85. The van der Waals surface area contributed by atoms with Crippen molar-refractivity contribution in [1.29, 1.82) is 0 Å². The fraction of sp³-hybridized carbons (Fsp3) is 0.545. The first-order valence-corrected chi connectivity index (χ1v) is 6.68. The van der Waals surface area contributed by atoms with Crippen LogP contribution in [-0.4, -0.2) is 36.8 Å². The van der Waals surface area contributed by atoms with E-state index in [1.54, 1.807) is 6.20 Å². The van der Waals surface area contributed by atoms with Crippen molar-refractivity contribution in [2.75, 3.05) is 24.6 Å². The largest absolute Gasteiger partial charge is 0.373 e. The summed E-state index contributed by atoms with van der Waals surface area (Å²) in [5.41, 5.74) is 5.86. The number of rotatable bonds is 2. The minimum atomic E-state index is 0.00650. The summed E-state index contributed by atoms with van der Waals surface area (Å²) < 4.78 is 6.49. The summed E-state index contributed by atoms with van der Waals surface area (Å²) in [4.78, 5) is 6.46. The van der Waals surface area contributed by atoms with Gasteiger partial charge in [0.1, 0.15) is 5.82 Å². The first kappa shape index (κ1) is 13.1. The van der Waals surface area contributed by atoms with Gasteiger partial charge in [0, 0.05) is 29.8 Å². The van der Waals surface area contributed by atoms with Gasteiger partial charge in [-0.3, -0.25) is 0 Å². The van der Waals surface area contributed by atoms with Crippen LogP contribution in [0.4, 0.5) is 5.82 Å². The van der Waals surface area contributed by atoms with E-state index >= 15 is 0 Å². The van der Waals surface area contributed by atoms with Gasteiger partial charge in [0.25, 0.3) is 0 Å². The number of anilines is 1. The number of halogens is 2. The van der Waals surface area contributed by atoms with E-state index in [1.807, 2.05) is 13.0 Å². The van der Waals surface area contributed by atoms with Crippen molar-refractivity contribution in [3.8, 4) is 0 Å². The second-order valence-corrected chi connectivity index (χ2v) is 5.50. The maximum absolute atomic E-state index is 6.18. The fourth-order valence-electron chi connectivity index (χ4n) is 1.83. The third kappa shape index (κ3) is 3.10. The summed E-state index contributed by atoms with van der Waals surface area (Å²) in [5, 5.41) is 0.643. The van der Waals surface area contributed by atoms with Crippen LogP contribution in [0.15, 0.2) is 16.7 Å². The molecule has 1 fully saturated rings. The Morgan fingerprint density at radius 3 is 3.12 bits per heavy atom. The van der Waals surface area contributed by atoms with Crippen molar-refractivity contribution in [2.45, 2.75) is 19.1 Å². The summed E-state index contributed by atoms with van der Waals surface area (Å²) in [5.74, 6) is 0.795. The zero-order valence-electron chi connectivity index (χ0n) is 9.57. The first-order valence-electron chi connectivity index (χ1n) is 5.51. The van der Waals surface area contributed by atoms with Gasteiger partial charge in [0.05, 0.1) is 17.7 Å². The van der Waals surface area contributed by atoms with Gasteiger partial charge in [-0.1, -0.05) is 11.6 Å². The molecule has 1 saturated heterocycles. The molecular weight excluding hydrogens is 305 g/mol. The van der Waals surface area contributed by atoms with Gasteiger partial charge in [-0.15, -0.1) is 0 Å². The number of nitrogens with zero attached hydrogens (tertiary/aromatic N) is 2. The molecule has 2 heterocycles. The average molecular weight is 321 g/mol. The van der Waals surface area contributed by atoms with E-state index in [9.17, 15) is 0 Å². The van der Waals surface area contributed by atoms with Gasteiger partial charge in [-0.2, -0.15) is 0 Å². The van der Waals surface area contributed by atoms with E-state index in [4.69, 9.17) is 22.1 Å². The Bertz CT molecular complexity index is 402. The lowest BCUT2D eigenvalue weighted by Crippen LogP contribution is -2.50. The van der Waals surface area contributed by atoms with Crippen LogP contribution in [0.5, 0.6) is 0 Å². The molecule has 2 rings (SSSR count). The van der Waals surface area contributed by atoms with E-state index in [0.29, 0.717) is 11.6 Å². The monoisotopic (exact) mass is 319 g/mol. The Kier molecular flexibility index (Phi) is 4.25. The zero-order chi connectivity index (χ0) is 12.4. The van der Waals surface area contributed by atoms with Crippen LogP contribution in [0.2, 0.25) is 5.02 Å². The summed E-state index contributed by atoms with van der Waals surface area (Å²) in [6.45, 7) is 4.12. The molecule has 17 heavy (non-hydrogen) atoms. The highest BCUT2D eigenvalue weighted by Crippen LogP contribution is 2.27.